The molecule has 3 rings (SSSR count). The van der Waals surface area contributed by atoms with Crippen LogP contribution in [0.4, 0.5) is 0 Å². The van der Waals surface area contributed by atoms with Gasteiger partial charge in [-0.3, -0.25) is 0 Å². The predicted molar refractivity (Wildman–Crippen MR) is 75.0 cm³/mol. The molecule has 0 aliphatic heterocycles. The summed E-state index contributed by atoms with van der Waals surface area (Å²) in [4.78, 5) is 4.10. The molecule has 100 valence electrons. The molecular formula is C15H20N4. The highest BCUT2D eigenvalue weighted by atomic mass is 15.3. The van der Waals surface area contributed by atoms with E-state index in [0.29, 0.717) is 18.0 Å². The van der Waals surface area contributed by atoms with Gasteiger partial charge in [-0.15, -0.1) is 0 Å². The molecule has 1 aromatic carbocycles. The van der Waals surface area contributed by atoms with E-state index in [2.05, 4.69) is 53.5 Å². The first-order valence-electron chi connectivity index (χ1n) is 6.97. The maximum atomic E-state index is 4.35. The molecule has 2 aromatic rings. The van der Waals surface area contributed by atoms with Gasteiger partial charge in [-0.2, -0.15) is 5.10 Å². The van der Waals surface area contributed by atoms with Crippen LogP contribution in [0.1, 0.15) is 49.4 Å². The minimum absolute atomic E-state index is 0.319. The van der Waals surface area contributed by atoms with Crippen LogP contribution in [0.3, 0.4) is 0 Å². The number of hydrogen-bond acceptors (Lipinski definition) is 3. The van der Waals surface area contributed by atoms with Gasteiger partial charge in [0.25, 0.3) is 0 Å². The molecule has 0 spiro atoms. The third-order valence-corrected chi connectivity index (χ3v) is 4.04. The van der Waals surface area contributed by atoms with E-state index < -0.39 is 0 Å². The van der Waals surface area contributed by atoms with E-state index >= 15 is 0 Å². The second kappa shape index (κ2) is 5.13. The van der Waals surface area contributed by atoms with Gasteiger partial charge in [-0.25, -0.2) is 9.67 Å². The topological polar surface area (TPSA) is 42.7 Å². The summed E-state index contributed by atoms with van der Waals surface area (Å²) in [5.41, 5.74) is 2.87. The Hall–Kier alpha value is -1.68. The number of nitrogens with one attached hydrogen (secondary N) is 1. The third kappa shape index (κ3) is 2.16. The molecule has 1 aromatic heterocycles. The highest BCUT2D eigenvalue weighted by Crippen LogP contribution is 2.43. The van der Waals surface area contributed by atoms with Crippen LogP contribution < -0.4 is 5.32 Å². The molecule has 3 unspecified atom stereocenters. The van der Waals surface area contributed by atoms with Crippen LogP contribution >= 0.6 is 0 Å². The van der Waals surface area contributed by atoms with Gasteiger partial charge in [0.1, 0.15) is 12.7 Å². The van der Waals surface area contributed by atoms with Crippen molar-refractivity contribution in [3.8, 4) is 0 Å². The molecule has 4 heteroatoms. The fourth-order valence-electron chi connectivity index (χ4n) is 3.19. The molecule has 4 nitrogen and oxygen atoms in total. The van der Waals surface area contributed by atoms with Crippen LogP contribution in [0.2, 0.25) is 0 Å². The molecule has 0 fully saturated rings. The summed E-state index contributed by atoms with van der Waals surface area (Å²) in [5, 5.41) is 7.96. The van der Waals surface area contributed by atoms with Crippen LogP contribution in [0.25, 0.3) is 0 Å². The van der Waals surface area contributed by atoms with Crippen molar-refractivity contribution in [1.29, 1.82) is 0 Å². The van der Waals surface area contributed by atoms with E-state index in [-0.39, 0.29) is 0 Å². The van der Waals surface area contributed by atoms with Crippen LogP contribution in [-0.2, 0) is 0 Å². The largest absolute Gasteiger partial charge is 0.308 e. The Morgan fingerprint density at radius 2 is 2.11 bits per heavy atom. The number of aromatic nitrogens is 3. The SMILES string of the molecule is CCNC1c2ccccc2C(C)CC1n1cncn1. The lowest BCUT2D eigenvalue weighted by Gasteiger charge is -2.37. The van der Waals surface area contributed by atoms with E-state index in [1.54, 1.807) is 6.33 Å². The monoisotopic (exact) mass is 256 g/mol. The normalized spacial score (nSPS) is 26.1. The third-order valence-electron chi connectivity index (χ3n) is 4.04. The van der Waals surface area contributed by atoms with Gasteiger partial charge in [0.05, 0.1) is 12.1 Å². The van der Waals surface area contributed by atoms with E-state index in [4.69, 9.17) is 0 Å². The highest BCUT2D eigenvalue weighted by molar-refractivity contribution is 5.36. The number of benzene rings is 1. The molecule has 19 heavy (non-hydrogen) atoms. The first-order chi connectivity index (χ1) is 9.31. The highest BCUT2D eigenvalue weighted by Gasteiger charge is 2.33. The van der Waals surface area contributed by atoms with Crippen molar-refractivity contribution in [1.82, 2.24) is 20.1 Å². The van der Waals surface area contributed by atoms with Crippen molar-refractivity contribution in [2.24, 2.45) is 0 Å². The minimum atomic E-state index is 0.319. The van der Waals surface area contributed by atoms with Crippen molar-refractivity contribution < 1.29 is 0 Å². The van der Waals surface area contributed by atoms with E-state index in [1.165, 1.54) is 11.1 Å². The molecule has 0 bridgehead atoms. The maximum absolute atomic E-state index is 4.35. The molecule has 1 aliphatic rings. The Morgan fingerprint density at radius 1 is 1.32 bits per heavy atom. The second-order valence-electron chi connectivity index (χ2n) is 5.24. The van der Waals surface area contributed by atoms with E-state index in [1.807, 2.05) is 11.0 Å². The van der Waals surface area contributed by atoms with Crippen molar-refractivity contribution in [3.05, 3.63) is 48.0 Å². The van der Waals surface area contributed by atoms with Crippen molar-refractivity contribution in [2.45, 2.75) is 38.3 Å². The molecule has 1 aliphatic carbocycles. The minimum Gasteiger partial charge on any atom is -0.308 e. The summed E-state index contributed by atoms with van der Waals surface area (Å²) in [6, 6.07) is 9.41. The van der Waals surface area contributed by atoms with Crippen molar-refractivity contribution in [3.63, 3.8) is 0 Å². The summed E-state index contributed by atoms with van der Waals surface area (Å²) >= 11 is 0. The molecular weight excluding hydrogens is 236 g/mol. The number of fused-ring (bicyclic) bond motifs is 1. The molecule has 0 saturated heterocycles. The zero-order chi connectivity index (χ0) is 13.2. The zero-order valence-electron chi connectivity index (χ0n) is 11.5. The lowest BCUT2D eigenvalue weighted by molar-refractivity contribution is 0.281. The van der Waals surface area contributed by atoms with E-state index in [9.17, 15) is 0 Å². The van der Waals surface area contributed by atoms with Crippen molar-refractivity contribution in [2.75, 3.05) is 6.54 Å². The molecule has 1 heterocycles. The van der Waals surface area contributed by atoms with E-state index in [0.717, 1.165) is 13.0 Å². The Labute approximate surface area is 113 Å². The number of nitrogens with zero attached hydrogens (tertiary/aromatic N) is 3. The average molecular weight is 256 g/mol. The molecule has 0 radical (unpaired) electrons. The van der Waals surface area contributed by atoms with Crippen molar-refractivity contribution >= 4 is 0 Å². The lowest BCUT2D eigenvalue weighted by atomic mass is 9.78. The maximum Gasteiger partial charge on any atom is 0.137 e. The molecule has 3 atom stereocenters. The summed E-state index contributed by atoms with van der Waals surface area (Å²) in [6.07, 6.45) is 4.54. The standard InChI is InChI=1S/C15H20N4/c1-3-17-15-13-7-5-4-6-12(13)11(2)8-14(15)19-10-16-9-18-19/h4-7,9-11,14-15,17H,3,8H2,1-2H3. The van der Waals surface area contributed by atoms with Crippen LogP contribution in [0.15, 0.2) is 36.9 Å². The van der Waals surface area contributed by atoms with Crippen LogP contribution in [0.5, 0.6) is 0 Å². The van der Waals surface area contributed by atoms with Gasteiger partial charge in [-0.05, 0) is 30.0 Å². The Balaban J connectivity index is 2.03. The first-order valence-corrected chi connectivity index (χ1v) is 6.97. The van der Waals surface area contributed by atoms with Crippen LogP contribution in [0, 0.1) is 0 Å². The second-order valence-corrected chi connectivity index (χ2v) is 5.24. The average Bonchev–Trinajstić information content (AvgIpc) is 2.96. The molecule has 1 N–H and O–H groups in total. The van der Waals surface area contributed by atoms with Gasteiger partial charge in [-0.1, -0.05) is 38.1 Å². The van der Waals surface area contributed by atoms with Gasteiger partial charge in [0, 0.05) is 0 Å². The predicted octanol–water partition coefficient (Wildman–Crippen LogP) is 2.68. The Morgan fingerprint density at radius 3 is 2.79 bits per heavy atom. The summed E-state index contributed by atoms with van der Waals surface area (Å²) in [6.45, 7) is 5.41. The number of likely N-dealkylation sites (N-methyl/N-ethyl adjacent to an activating group) is 1. The Kier molecular flexibility index (Phi) is 3.34. The molecule has 0 amide bonds. The zero-order valence-corrected chi connectivity index (χ0v) is 11.5. The Bertz CT molecular complexity index is 535. The fraction of sp³-hybridized carbons (Fsp3) is 0.467. The van der Waals surface area contributed by atoms with Gasteiger partial charge >= 0.3 is 0 Å². The van der Waals surface area contributed by atoms with Gasteiger partial charge < -0.3 is 5.32 Å². The fourth-order valence-corrected chi connectivity index (χ4v) is 3.19. The lowest BCUT2D eigenvalue weighted by Crippen LogP contribution is -2.35. The molecule has 0 saturated carbocycles. The summed E-state index contributed by atoms with van der Waals surface area (Å²) < 4.78 is 2.00. The number of hydrogen-bond donors (Lipinski definition) is 1. The summed E-state index contributed by atoms with van der Waals surface area (Å²) in [7, 11) is 0. The van der Waals surface area contributed by atoms with Gasteiger partial charge in [0.15, 0.2) is 0 Å². The number of rotatable bonds is 3. The quantitative estimate of drug-likeness (QED) is 0.918. The smallest absolute Gasteiger partial charge is 0.137 e. The first kappa shape index (κ1) is 12.4. The van der Waals surface area contributed by atoms with Crippen LogP contribution in [-0.4, -0.2) is 21.3 Å². The van der Waals surface area contributed by atoms with Gasteiger partial charge in [0.2, 0.25) is 0 Å². The summed E-state index contributed by atoms with van der Waals surface area (Å²) in [5.74, 6) is 0.556.